The summed E-state index contributed by atoms with van der Waals surface area (Å²) in [5.74, 6) is 0.117. The molecule has 4 atom stereocenters. The van der Waals surface area contributed by atoms with Crippen molar-refractivity contribution in [2.45, 2.75) is 75.7 Å². The summed E-state index contributed by atoms with van der Waals surface area (Å²) in [6.07, 6.45) is 6.60. The summed E-state index contributed by atoms with van der Waals surface area (Å²) in [5, 5.41) is 13.3. The van der Waals surface area contributed by atoms with Crippen LogP contribution >= 0.6 is 0 Å². The molecule has 0 saturated carbocycles. The van der Waals surface area contributed by atoms with Crippen molar-refractivity contribution < 1.29 is 19.0 Å². The molecule has 5 rings (SSSR count). The van der Waals surface area contributed by atoms with E-state index in [2.05, 4.69) is 17.4 Å². The first-order valence-corrected chi connectivity index (χ1v) is 12.6. The smallest absolute Gasteiger partial charge is 0.325 e. The molecule has 0 radical (unpaired) electrons. The van der Waals surface area contributed by atoms with Crippen molar-refractivity contribution >= 4 is 11.8 Å². The van der Waals surface area contributed by atoms with Crippen LogP contribution in [-0.4, -0.2) is 52.8 Å². The molecule has 6 nitrogen and oxygen atoms in total. The summed E-state index contributed by atoms with van der Waals surface area (Å²) in [5.41, 5.74) is 1.90. The number of carbonyl (C=O) groups is 1. The molecular formula is C27H34FN3O3. The van der Waals surface area contributed by atoms with Crippen molar-refractivity contribution in [1.29, 1.82) is 0 Å². The number of ether oxygens (including phenoxy) is 1. The lowest BCUT2D eigenvalue weighted by atomic mass is 9.79. The number of aryl methyl sites for hydroxylation is 2. The molecule has 3 unspecified atom stereocenters. The Morgan fingerprint density at radius 3 is 2.97 bits per heavy atom. The Morgan fingerprint density at radius 2 is 2.12 bits per heavy atom. The number of carboxylic acids is 1. The summed E-state index contributed by atoms with van der Waals surface area (Å²) in [6.45, 7) is 3.63. The molecule has 3 aliphatic heterocycles. The lowest BCUT2D eigenvalue weighted by Gasteiger charge is -2.44. The minimum atomic E-state index is -1.60. The van der Waals surface area contributed by atoms with Crippen molar-refractivity contribution in [1.82, 2.24) is 9.88 Å². The number of alkyl halides is 1. The number of aliphatic carboxylic acids is 1. The van der Waals surface area contributed by atoms with Gasteiger partial charge in [0.1, 0.15) is 17.5 Å². The van der Waals surface area contributed by atoms with E-state index in [1.54, 1.807) is 36.1 Å². The number of fused-ring (bicyclic) bond motifs is 3. The van der Waals surface area contributed by atoms with Gasteiger partial charge in [0, 0.05) is 25.4 Å². The van der Waals surface area contributed by atoms with Crippen LogP contribution in [-0.2, 0) is 28.0 Å². The zero-order chi connectivity index (χ0) is 23.7. The molecule has 0 bridgehead atoms. The highest BCUT2D eigenvalue weighted by Crippen LogP contribution is 2.49. The molecule has 4 heterocycles. The Kier molecular flexibility index (Phi) is 6.58. The Morgan fingerprint density at radius 1 is 1.26 bits per heavy atom. The number of pyridine rings is 1. The van der Waals surface area contributed by atoms with Gasteiger partial charge in [-0.25, -0.2) is 9.37 Å². The van der Waals surface area contributed by atoms with Crippen molar-refractivity contribution in [3.63, 3.8) is 0 Å². The van der Waals surface area contributed by atoms with Gasteiger partial charge in [0.15, 0.2) is 0 Å². The van der Waals surface area contributed by atoms with Crippen LogP contribution in [0.1, 0.15) is 67.5 Å². The standard InChI is InChI=1S/C27H34FN3O3/c1-27(28)22-11-5-4-10-21(22)24(26(32)33)31-17-20(16-23(27)31)34-15-6-2-3-9-19-13-12-18-8-7-14-29-25(18)30-19/h4-5,10-13,20,23-24H,2-3,6-9,14-17H2,1H3,(H,29,30)(H,32,33)/t20-,23?,24?,27?/m1/s1. The third-order valence-electron chi connectivity index (χ3n) is 7.66. The van der Waals surface area contributed by atoms with Gasteiger partial charge in [-0.2, -0.15) is 0 Å². The van der Waals surface area contributed by atoms with E-state index < -0.39 is 23.7 Å². The normalized spacial score (nSPS) is 28.0. The van der Waals surface area contributed by atoms with Crippen LogP contribution in [0.5, 0.6) is 0 Å². The van der Waals surface area contributed by atoms with Gasteiger partial charge in [-0.15, -0.1) is 0 Å². The SMILES string of the molecule is CC1(F)c2ccccc2C(C(=O)O)N2C[C@H](OCCCCCc3ccc4c(n3)NCCC4)CC21. The molecular weight excluding hydrogens is 433 g/mol. The average Bonchev–Trinajstić information content (AvgIpc) is 3.26. The fraction of sp³-hybridized carbons (Fsp3) is 0.556. The maximum atomic E-state index is 15.9. The first-order valence-electron chi connectivity index (χ1n) is 12.6. The van der Waals surface area contributed by atoms with E-state index in [0.717, 1.165) is 50.2 Å². The predicted octanol–water partition coefficient (Wildman–Crippen LogP) is 4.64. The van der Waals surface area contributed by atoms with Crippen LogP contribution in [0.2, 0.25) is 0 Å². The van der Waals surface area contributed by atoms with E-state index in [4.69, 9.17) is 9.72 Å². The molecule has 7 heteroatoms. The van der Waals surface area contributed by atoms with Gasteiger partial charge < -0.3 is 15.2 Å². The number of nitrogens with zero attached hydrogens (tertiary/aromatic N) is 2. The zero-order valence-corrected chi connectivity index (χ0v) is 19.8. The largest absolute Gasteiger partial charge is 0.480 e. The van der Waals surface area contributed by atoms with Crippen LogP contribution in [0.3, 0.4) is 0 Å². The second kappa shape index (κ2) is 9.62. The van der Waals surface area contributed by atoms with Crippen LogP contribution in [0.25, 0.3) is 0 Å². The Balaban J connectivity index is 1.11. The molecule has 1 fully saturated rings. The molecule has 3 aliphatic rings. The molecule has 1 aromatic heterocycles. The van der Waals surface area contributed by atoms with E-state index in [0.29, 0.717) is 30.7 Å². The van der Waals surface area contributed by atoms with Gasteiger partial charge in [-0.1, -0.05) is 36.8 Å². The quantitative estimate of drug-likeness (QED) is 0.551. The summed E-state index contributed by atoms with van der Waals surface area (Å²) in [7, 11) is 0. The second-order valence-electron chi connectivity index (χ2n) is 10.00. The molecule has 0 aliphatic carbocycles. The third kappa shape index (κ3) is 4.43. The fourth-order valence-electron chi connectivity index (χ4n) is 5.92. The van der Waals surface area contributed by atoms with E-state index in [1.807, 2.05) is 0 Å². The number of rotatable bonds is 8. The highest BCUT2D eigenvalue weighted by molar-refractivity contribution is 5.77. The monoisotopic (exact) mass is 467 g/mol. The van der Waals surface area contributed by atoms with Gasteiger partial charge in [-0.05, 0) is 68.2 Å². The fourth-order valence-corrected chi connectivity index (χ4v) is 5.92. The molecule has 2 aromatic rings. The van der Waals surface area contributed by atoms with E-state index in [9.17, 15) is 9.90 Å². The van der Waals surface area contributed by atoms with Gasteiger partial charge in [0.2, 0.25) is 0 Å². The van der Waals surface area contributed by atoms with Crippen molar-refractivity contribution in [3.8, 4) is 0 Å². The highest BCUT2D eigenvalue weighted by atomic mass is 19.1. The van der Waals surface area contributed by atoms with Crippen molar-refractivity contribution in [2.75, 3.05) is 25.0 Å². The number of nitrogens with one attached hydrogen (secondary N) is 1. The molecule has 182 valence electrons. The number of aromatic nitrogens is 1. The summed E-state index contributed by atoms with van der Waals surface area (Å²) in [6, 6.07) is 10.1. The van der Waals surface area contributed by atoms with E-state index in [1.165, 1.54) is 12.0 Å². The van der Waals surface area contributed by atoms with Gasteiger partial charge in [0.25, 0.3) is 0 Å². The van der Waals surface area contributed by atoms with Gasteiger partial charge >= 0.3 is 5.97 Å². The molecule has 1 aromatic carbocycles. The Hall–Kier alpha value is -2.51. The molecule has 0 spiro atoms. The number of hydrogen-bond donors (Lipinski definition) is 2. The lowest BCUT2D eigenvalue weighted by molar-refractivity contribution is -0.146. The van der Waals surface area contributed by atoms with Crippen molar-refractivity contribution in [3.05, 3.63) is 58.8 Å². The minimum Gasteiger partial charge on any atom is -0.480 e. The highest BCUT2D eigenvalue weighted by Gasteiger charge is 2.55. The van der Waals surface area contributed by atoms with E-state index >= 15 is 4.39 Å². The number of hydrogen-bond acceptors (Lipinski definition) is 5. The van der Waals surface area contributed by atoms with Gasteiger partial charge in [0.05, 0.1) is 12.1 Å². The van der Waals surface area contributed by atoms with Crippen LogP contribution in [0.4, 0.5) is 10.2 Å². The maximum Gasteiger partial charge on any atom is 0.325 e. The lowest BCUT2D eigenvalue weighted by Crippen LogP contribution is -2.51. The van der Waals surface area contributed by atoms with Crippen molar-refractivity contribution in [2.24, 2.45) is 0 Å². The number of carboxylic acid groups (broad SMARTS) is 1. The number of anilines is 1. The Labute approximate surface area is 200 Å². The topological polar surface area (TPSA) is 74.7 Å². The van der Waals surface area contributed by atoms with Gasteiger partial charge in [-0.3, -0.25) is 9.69 Å². The summed E-state index contributed by atoms with van der Waals surface area (Å²) in [4.78, 5) is 18.6. The first kappa shape index (κ1) is 23.2. The van der Waals surface area contributed by atoms with E-state index in [-0.39, 0.29) is 6.10 Å². The van der Waals surface area contributed by atoms with Crippen LogP contribution < -0.4 is 5.32 Å². The summed E-state index contributed by atoms with van der Waals surface area (Å²) < 4.78 is 22.0. The molecule has 0 amide bonds. The first-order chi connectivity index (χ1) is 16.4. The Bertz CT molecular complexity index is 1040. The third-order valence-corrected chi connectivity index (χ3v) is 7.66. The minimum absolute atomic E-state index is 0.148. The molecule has 34 heavy (non-hydrogen) atoms. The summed E-state index contributed by atoms with van der Waals surface area (Å²) >= 11 is 0. The maximum absolute atomic E-state index is 15.9. The zero-order valence-electron chi connectivity index (χ0n) is 19.8. The predicted molar refractivity (Wildman–Crippen MR) is 129 cm³/mol. The second-order valence-corrected chi connectivity index (χ2v) is 10.00. The molecule has 1 saturated heterocycles. The molecule has 2 N–H and O–H groups in total. The average molecular weight is 468 g/mol. The number of benzene rings is 1. The van der Waals surface area contributed by atoms with Crippen LogP contribution in [0, 0.1) is 0 Å². The van der Waals surface area contributed by atoms with Crippen LogP contribution in [0.15, 0.2) is 36.4 Å². The number of halogens is 1. The number of unbranched alkanes of at least 4 members (excludes halogenated alkanes) is 2.